The number of rotatable bonds is 4. The first-order valence-electron chi connectivity index (χ1n) is 4.69. The van der Waals surface area contributed by atoms with Crippen molar-refractivity contribution in [3.63, 3.8) is 0 Å². The zero-order chi connectivity index (χ0) is 11.4. The van der Waals surface area contributed by atoms with E-state index in [1.54, 1.807) is 35.6 Å². The molecule has 2 rings (SSSR count). The zero-order valence-corrected chi connectivity index (χ0v) is 10.8. The summed E-state index contributed by atoms with van der Waals surface area (Å²) >= 11 is 5.04. The number of thiophene rings is 1. The number of halogens is 1. The average Bonchev–Trinajstić information content (AvgIpc) is 2.73. The van der Waals surface area contributed by atoms with Gasteiger partial charge in [-0.3, -0.25) is 4.79 Å². The van der Waals surface area contributed by atoms with Crippen molar-refractivity contribution in [2.24, 2.45) is 0 Å². The summed E-state index contributed by atoms with van der Waals surface area (Å²) in [5.41, 5.74) is 0.659. The average molecular weight is 297 g/mol. The molecule has 0 aliphatic rings. The van der Waals surface area contributed by atoms with Crippen molar-refractivity contribution in [2.75, 3.05) is 0 Å². The molecule has 0 N–H and O–H groups in total. The standard InChI is InChI=1S/C12H9BrO2S/c13-10-5-12(16-8-10)7-15-11-3-1-9(6-14)2-4-11/h1-6,8H,7H2. The summed E-state index contributed by atoms with van der Waals surface area (Å²) in [5, 5.41) is 2.02. The predicted octanol–water partition coefficient (Wildman–Crippen LogP) is 3.90. The van der Waals surface area contributed by atoms with Crippen molar-refractivity contribution < 1.29 is 9.53 Å². The van der Waals surface area contributed by atoms with Crippen molar-refractivity contribution in [1.29, 1.82) is 0 Å². The van der Waals surface area contributed by atoms with E-state index in [4.69, 9.17) is 4.74 Å². The van der Waals surface area contributed by atoms with E-state index in [2.05, 4.69) is 15.9 Å². The topological polar surface area (TPSA) is 26.3 Å². The molecule has 82 valence electrons. The predicted molar refractivity (Wildman–Crippen MR) is 68.2 cm³/mol. The molecule has 2 aromatic rings. The Morgan fingerprint density at radius 1 is 1.31 bits per heavy atom. The first-order valence-corrected chi connectivity index (χ1v) is 6.36. The molecule has 0 spiro atoms. The van der Waals surface area contributed by atoms with Gasteiger partial charge in [0.1, 0.15) is 18.6 Å². The molecule has 0 fully saturated rings. The molecule has 0 unspecified atom stereocenters. The van der Waals surface area contributed by atoms with Gasteiger partial charge in [0.2, 0.25) is 0 Å². The van der Waals surface area contributed by atoms with Gasteiger partial charge in [0, 0.05) is 20.3 Å². The van der Waals surface area contributed by atoms with E-state index in [-0.39, 0.29) is 0 Å². The largest absolute Gasteiger partial charge is 0.488 e. The SMILES string of the molecule is O=Cc1ccc(OCc2cc(Br)cs2)cc1. The second-order valence-electron chi connectivity index (χ2n) is 3.21. The smallest absolute Gasteiger partial charge is 0.150 e. The Hall–Kier alpha value is -1.13. The molecular weight excluding hydrogens is 288 g/mol. The van der Waals surface area contributed by atoms with Crippen LogP contribution in [0.3, 0.4) is 0 Å². The summed E-state index contributed by atoms with van der Waals surface area (Å²) in [4.78, 5) is 11.6. The van der Waals surface area contributed by atoms with E-state index < -0.39 is 0 Å². The monoisotopic (exact) mass is 296 g/mol. The Bertz CT molecular complexity index is 476. The second-order valence-corrected chi connectivity index (χ2v) is 5.12. The Kier molecular flexibility index (Phi) is 3.74. The fraction of sp³-hybridized carbons (Fsp3) is 0.0833. The van der Waals surface area contributed by atoms with Crippen molar-refractivity contribution in [3.05, 3.63) is 50.6 Å². The van der Waals surface area contributed by atoms with Gasteiger partial charge in [-0.1, -0.05) is 0 Å². The highest BCUT2D eigenvalue weighted by molar-refractivity contribution is 9.10. The van der Waals surface area contributed by atoms with E-state index in [1.165, 1.54) is 0 Å². The maximum Gasteiger partial charge on any atom is 0.150 e. The first-order chi connectivity index (χ1) is 7.78. The fourth-order valence-corrected chi connectivity index (χ4v) is 2.59. The van der Waals surface area contributed by atoms with Crippen molar-refractivity contribution in [2.45, 2.75) is 6.61 Å². The van der Waals surface area contributed by atoms with E-state index in [1.807, 2.05) is 11.4 Å². The molecule has 0 bridgehead atoms. The molecule has 1 aromatic carbocycles. The summed E-state index contributed by atoms with van der Waals surface area (Å²) in [6.45, 7) is 0.552. The number of hydrogen-bond acceptors (Lipinski definition) is 3. The van der Waals surface area contributed by atoms with Gasteiger partial charge in [-0.25, -0.2) is 0 Å². The lowest BCUT2D eigenvalue weighted by Gasteiger charge is -2.03. The molecule has 0 radical (unpaired) electrons. The molecule has 1 aromatic heterocycles. The van der Waals surface area contributed by atoms with Crippen molar-refractivity contribution >= 4 is 33.6 Å². The van der Waals surface area contributed by atoms with Crippen LogP contribution >= 0.6 is 27.3 Å². The van der Waals surface area contributed by atoms with Crippen molar-refractivity contribution in [3.8, 4) is 5.75 Å². The highest BCUT2D eigenvalue weighted by Gasteiger charge is 1.99. The van der Waals surface area contributed by atoms with Gasteiger partial charge < -0.3 is 4.74 Å². The van der Waals surface area contributed by atoms with E-state index in [0.29, 0.717) is 12.2 Å². The lowest BCUT2D eigenvalue weighted by molar-refractivity contribution is 0.112. The third kappa shape index (κ3) is 2.93. The summed E-state index contributed by atoms with van der Waals surface area (Å²) in [5.74, 6) is 0.773. The molecule has 0 saturated carbocycles. The van der Waals surface area contributed by atoms with E-state index in [9.17, 15) is 4.79 Å². The Morgan fingerprint density at radius 3 is 2.62 bits per heavy atom. The lowest BCUT2D eigenvalue weighted by atomic mass is 10.2. The minimum Gasteiger partial charge on any atom is -0.488 e. The Morgan fingerprint density at radius 2 is 2.06 bits per heavy atom. The van der Waals surface area contributed by atoms with Crippen molar-refractivity contribution in [1.82, 2.24) is 0 Å². The van der Waals surface area contributed by atoms with Crippen LogP contribution in [0.15, 0.2) is 40.2 Å². The summed E-state index contributed by atoms with van der Waals surface area (Å²) in [6.07, 6.45) is 0.820. The highest BCUT2D eigenvalue weighted by atomic mass is 79.9. The van der Waals surface area contributed by atoms with E-state index >= 15 is 0 Å². The summed E-state index contributed by atoms with van der Waals surface area (Å²) in [7, 11) is 0. The first kappa shape index (κ1) is 11.4. The molecule has 16 heavy (non-hydrogen) atoms. The van der Waals surface area contributed by atoms with Crippen LogP contribution in [-0.2, 0) is 6.61 Å². The molecule has 0 atom stereocenters. The van der Waals surface area contributed by atoms with Crippen LogP contribution in [0, 0.1) is 0 Å². The fourth-order valence-electron chi connectivity index (χ4n) is 1.23. The number of benzene rings is 1. The van der Waals surface area contributed by atoms with Gasteiger partial charge in [-0.15, -0.1) is 11.3 Å². The van der Waals surface area contributed by atoms with Crippen LogP contribution in [-0.4, -0.2) is 6.29 Å². The number of hydrogen-bond donors (Lipinski definition) is 0. The molecule has 0 amide bonds. The van der Waals surface area contributed by atoms with Crippen LogP contribution in [0.2, 0.25) is 0 Å². The third-order valence-corrected chi connectivity index (χ3v) is 3.69. The van der Waals surface area contributed by atoms with Gasteiger partial charge in [-0.2, -0.15) is 0 Å². The minimum atomic E-state index is 0.552. The second kappa shape index (κ2) is 5.27. The molecular formula is C12H9BrO2S. The van der Waals surface area contributed by atoms with Gasteiger partial charge in [0.25, 0.3) is 0 Å². The van der Waals surface area contributed by atoms with E-state index in [0.717, 1.165) is 21.4 Å². The summed E-state index contributed by atoms with van der Waals surface area (Å²) in [6, 6.07) is 9.11. The Labute approximate surface area is 106 Å². The van der Waals surface area contributed by atoms with Crippen LogP contribution in [0.4, 0.5) is 0 Å². The van der Waals surface area contributed by atoms with Gasteiger partial charge in [0.15, 0.2) is 0 Å². The normalized spacial score (nSPS) is 10.1. The number of carbonyl (C=O) groups is 1. The maximum absolute atomic E-state index is 10.5. The minimum absolute atomic E-state index is 0.552. The number of carbonyl (C=O) groups excluding carboxylic acids is 1. The molecule has 0 aliphatic carbocycles. The van der Waals surface area contributed by atoms with Crippen LogP contribution < -0.4 is 4.74 Å². The molecule has 2 nitrogen and oxygen atoms in total. The summed E-state index contributed by atoms with van der Waals surface area (Å²) < 4.78 is 6.65. The van der Waals surface area contributed by atoms with Crippen LogP contribution in [0.1, 0.15) is 15.2 Å². The van der Waals surface area contributed by atoms with Crippen LogP contribution in [0.25, 0.3) is 0 Å². The van der Waals surface area contributed by atoms with Crippen LogP contribution in [0.5, 0.6) is 5.75 Å². The third-order valence-electron chi connectivity index (χ3n) is 2.02. The van der Waals surface area contributed by atoms with Gasteiger partial charge >= 0.3 is 0 Å². The lowest BCUT2D eigenvalue weighted by Crippen LogP contribution is -1.92. The van der Waals surface area contributed by atoms with Gasteiger partial charge in [-0.05, 0) is 46.3 Å². The highest BCUT2D eigenvalue weighted by Crippen LogP contribution is 2.21. The molecule has 4 heteroatoms. The molecule has 1 heterocycles. The molecule has 0 saturated heterocycles. The number of aldehydes is 1. The van der Waals surface area contributed by atoms with Gasteiger partial charge in [0.05, 0.1) is 0 Å². The molecule has 0 aliphatic heterocycles. The Balaban J connectivity index is 1.96. The zero-order valence-electron chi connectivity index (χ0n) is 8.35. The number of ether oxygens (including phenoxy) is 1. The maximum atomic E-state index is 10.5. The quantitative estimate of drug-likeness (QED) is 0.800.